The normalized spacial score (nSPS) is 17.5. The van der Waals surface area contributed by atoms with Crippen molar-refractivity contribution in [2.45, 2.75) is 0 Å². The van der Waals surface area contributed by atoms with Gasteiger partial charge in [0.25, 0.3) is 11.8 Å². The molecule has 2 aliphatic heterocycles. The molecule has 4 heteroatoms. The fourth-order valence-corrected chi connectivity index (χ4v) is 2.65. The number of amides is 2. The largest absolute Gasteiger partial charge is 0.321 e. The average molecular weight is 274 g/mol. The van der Waals surface area contributed by atoms with E-state index < -0.39 is 0 Å². The highest BCUT2D eigenvalue weighted by molar-refractivity contribution is 6.35. The summed E-state index contributed by atoms with van der Waals surface area (Å²) in [5, 5.41) is 4.22. The first-order valence-corrected chi connectivity index (χ1v) is 6.59. The van der Waals surface area contributed by atoms with Crippen molar-refractivity contribution in [2.75, 3.05) is 5.32 Å². The van der Waals surface area contributed by atoms with Crippen molar-refractivity contribution in [3.8, 4) is 0 Å². The fourth-order valence-electron chi connectivity index (χ4n) is 2.65. The second kappa shape index (κ2) is 4.24. The maximum atomic E-state index is 12.1. The molecule has 2 heterocycles. The molecule has 2 amide bonds. The second-order valence-corrected chi connectivity index (χ2v) is 4.91. The predicted molar refractivity (Wildman–Crippen MR) is 78.7 cm³/mol. The molecule has 0 fully saturated rings. The summed E-state index contributed by atoms with van der Waals surface area (Å²) in [6, 6.07) is 14.8. The van der Waals surface area contributed by atoms with Crippen molar-refractivity contribution in [2.24, 2.45) is 4.99 Å². The monoisotopic (exact) mass is 274 g/mol. The Kier molecular flexibility index (Phi) is 2.38. The molecule has 0 saturated heterocycles. The maximum absolute atomic E-state index is 12.1. The second-order valence-electron chi connectivity index (χ2n) is 4.91. The van der Waals surface area contributed by atoms with Gasteiger partial charge in [-0.1, -0.05) is 36.4 Å². The highest BCUT2D eigenvalue weighted by Gasteiger charge is 2.25. The minimum absolute atomic E-state index is 0.194. The molecule has 0 saturated carbocycles. The van der Waals surface area contributed by atoms with Gasteiger partial charge in [0.2, 0.25) is 0 Å². The number of carbonyl (C=O) groups is 2. The van der Waals surface area contributed by atoms with Crippen molar-refractivity contribution < 1.29 is 9.59 Å². The Bertz CT molecular complexity index is 955. The van der Waals surface area contributed by atoms with Gasteiger partial charge in [-0.3, -0.25) is 9.59 Å². The SMILES string of the molecule is O=C1N=c2ccccc2=C1/C=C1/C(=O)Nc2ccccc21. The van der Waals surface area contributed by atoms with E-state index in [1.165, 1.54) is 0 Å². The van der Waals surface area contributed by atoms with Gasteiger partial charge in [0.1, 0.15) is 0 Å². The molecule has 0 aliphatic carbocycles. The van der Waals surface area contributed by atoms with Gasteiger partial charge in [0.15, 0.2) is 0 Å². The van der Waals surface area contributed by atoms with Gasteiger partial charge in [0.05, 0.1) is 10.9 Å². The zero-order chi connectivity index (χ0) is 14.4. The topological polar surface area (TPSA) is 58.5 Å². The van der Waals surface area contributed by atoms with E-state index in [0.717, 1.165) is 16.5 Å². The number of para-hydroxylation sites is 2. The molecule has 2 aromatic rings. The third kappa shape index (κ3) is 1.73. The molecule has 0 unspecified atom stereocenters. The summed E-state index contributed by atoms with van der Waals surface area (Å²) in [4.78, 5) is 28.2. The van der Waals surface area contributed by atoms with Crippen molar-refractivity contribution >= 4 is 28.6 Å². The number of carbonyl (C=O) groups excluding carboxylic acids is 2. The van der Waals surface area contributed by atoms with Crippen molar-refractivity contribution in [3.05, 3.63) is 70.7 Å². The van der Waals surface area contributed by atoms with Crippen LogP contribution in [0.3, 0.4) is 0 Å². The van der Waals surface area contributed by atoms with Crippen LogP contribution < -0.4 is 15.9 Å². The zero-order valence-corrected chi connectivity index (χ0v) is 11.0. The van der Waals surface area contributed by atoms with Gasteiger partial charge in [-0.25, -0.2) is 4.99 Å². The summed E-state index contributed by atoms with van der Waals surface area (Å²) in [7, 11) is 0. The number of nitrogens with one attached hydrogen (secondary N) is 1. The molecule has 0 radical (unpaired) electrons. The Hall–Kier alpha value is -3.01. The molecule has 0 bridgehead atoms. The molecule has 4 rings (SSSR count). The number of rotatable bonds is 1. The zero-order valence-electron chi connectivity index (χ0n) is 11.0. The van der Waals surface area contributed by atoms with E-state index in [9.17, 15) is 9.59 Å². The van der Waals surface area contributed by atoms with Gasteiger partial charge in [-0.15, -0.1) is 0 Å². The third-order valence-electron chi connectivity index (χ3n) is 3.65. The molecule has 100 valence electrons. The minimum atomic E-state index is -0.305. The van der Waals surface area contributed by atoms with Crippen LogP contribution in [0.2, 0.25) is 0 Å². The number of nitrogens with zero attached hydrogens (tertiary/aromatic N) is 1. The van der Waals surface area contributed by atoms with E-state index in [1.54, 1.807) is 12.1 Å². The van der Waals surface area contributed by atoms with E-state index >= 15 is 0 Å². The lowest BCUT2D eigenvalue weighted by molar-refractivity contribution is -0.112. The molecule has 2 aliphatic rings. The molecular formula is C17H10N2O2. The Morgan fingerprint density at radius 1 is 0.952 bits per heavy atom. The quantitative estimate of drug-likeness (QED) is 0.790. The molecule has 2 aromatic carbocycles. The Morgan fingerprint density at radius 2 is 1.71 bits per heavy atom. The van der Waals surface area contributed by atoms with Crippen LogP contribution in [0.15, 0.2) is 59.6 Å². The van der Waals surface area contributed by atoms with E-state index in [-0.39, 0.29) is 11.8 Å². The average Bonchev–Trinajstić information content (AvgIpc) is 2.97. The van der Waals surface area contributed by atoms with Crippen LogP contribution in [0.5, 0.6) is 0 Å². The highest BCUT2D eigenvalue weighted by Crippen LogP contribution is 2.32. The van der Waals surface area contributed by atoms with E-state index in [0.29, 0.717) is 16.5 Å². The molecule has 4 nitrogen and oxygen atoms in total. The van der Waals surface area contributed by atoms with E-state index in [2.05, 4.69) is 10.3 Å². The van der Waals surface area contributed by atoms with Crippen LogP contribution in [0.1, 0.15) is 5.56 Å². The molecule has 0 aromatic heterocycles. The first-order valence-electron chi connectivity index (χ1n) is 6.59. The van der Waals surface area contributed by atoms with Crippen molar-refractivity contribution in [1.29, 1.82) is 0 Å². The lowest BCUT2D eigenvalue weighted by Crippen LogP contribution is -2.21. The summed E-state index contributed by atoms with van der Waals surface area (Å²) in [5.74, 6) is -0.498. The standard InChI is InChI=1S/C17H10N2O2/c20-16-12(10-5-1-3-7-14(10)18-16)9-13-11-6-2-4-8-15(11)19-17(13)21/h1-9H,(H,18,20)/b12-9+. The molecule has 0 atom stereocenters. The summed E-state index contributed by atoms with van der Waals surface area (Å²) in [6.45, 7) is 0. The van der Waals surface area contributed by atoms with Crippen LogP contribution in [0.25, 0.3) is 11.1 Å². The fraction of sp³-hybridized carbons (Fsp3) is 0. The van der Waals surface area contributed by atoms with Gasteiger partial charge in [0, 0.05) is 22.0 Å². The summed E-state index contributed by atoms with van der Waals surface area (Å²) in [6.07, 6.45) is 1.64. The number of anilines is 1. The number of hydrogen-bond donors (Lipinski definition) is 1. The van der Waals surface area contributed by atoms with Gasteiger partial charge >= 0.3 is 0 Å². The summed E-state index contributed by atoms with van der Waals surface area (Å²) in [5.41, 5.74) is 2.55. The van der Waals surface area contributed by atoms with Crippen molar-refractivity contribution in [1.82, 2.24) is 0 Å². The summed E-state index contributed by atoms with van der Waals surface area (Å²) >= 11 is 0. The Morgan fingerprint density at radius 3 is 2.62 bits per heavy atom. The van der Waals surface area contributed by atoms with Gasteiger partial charge in [-0.05, 0) is 18.2 Å². The number of fused-ring (bicyclic) bond motifs is 2. The lowest BCUT2D eigenvalue weighted by Gasteiger charge is -1.97. The molecule has 0 spiro atoms. The van der Waals surface area contributed by atoms with Crippen LogP contribution in [0, 0.1) is 0 Å². The predicted octanol–water partition coefficient (Wildman–Crippen LogP) is 1.03. The van der Waals surface area contributed by atoms with E-state index in [1.807, 2.05) is 42.5 Å². The first kappa shape index (κ1) is 11.8. The van der Waals surface area contributed by atoms with Gasteiger partial charge < -0.3 is 5.32 Å². The molecular weight excluding hydrogens is 264 g/mol. The van der Waals surface area contributed by atoms with Crippen LogP contribution in [-0.2, 0) is 9.59 Å². The van der Waals surface area contributed by atoms with Crippen LogP contribution in [0.4, 0.5) is 5.69 Å². The van der Waals surface area contributed by atoms with Gasteiger partial charge in [-0.2, -0.15) is 0 Å². The lowest BCUT2D eigenvalue weighted by atomic mass is 10.0. The highest BCUT2D eigenvalue weighted by atomic mass is 16.2. The van der Waals surface area contributed by atoms with E-state index in [4.69, 9.17) is 0 Å². The number of hydrogen-bond acceptors (Lipinski definition) is 2. The third-order valence-corrected chi connectivity index (χ3v) is 3.65. The minimum Gasteiger partial charge on any atom is -0.321 e. The summed E-state index contributed by atoms with van der Waals surface area (Å²) < 4.78 is 0. The Balaban J connectivity index is 1.97. The Labute approximate surface area is 120 Å². The molecule has 1 N–H and O–H groups in total. The van der Waals surface area contributed by atoms with Crippen LogP contribution >= 0.6 is 0 Å². The van der Waals surface area contributed by atoms with Crippen LogP contribution in [-0.4, -0.2) is 11.8 Å². The van der Waals surface area contributed by atoms with Crippen molar-refractivity contribution in [3.63, 3.8) is 0 Å². The molecule has 21 heavy (non-hydrogen) atoms. The first-order chi connectivity index (χ1) is 10.2. The number of benzene rings is 2. The maximum Gasteiger partial charge on any atom is 0.278 e. The smallest absolute Gasteiger partial charge is 0.278 e.